The van der Waals surface area contributed by atoms with E-state index in [1.165, 1.54) is 12.1 Å². The lowest BCUT2D eigenvalue weighted by Crippen LogP contribution is -2.10. The fourth-order valence-electron chi connectivity index (χ4n) is 1.33. The topological polar surface area (TPSA) is 89.9 Å². The van der Waals surface area contributed by atoms with Crippen LogP contribution in [0.3, 0.4) is 0 Å². The standard InChI is InChI=1S/C12H10O4.C4H8O2/c1-3-15-11(13)9-7-5-6-8-10(9)12(14)16-4-2;1-2-3-4(5)6/h3-8H,1-2H2;2-3H2,1H3,(H,5,6). The summed E-state index contributed by atoms with van der Waals surface area (Å²) in [7, 11) is 0. The van der Waals surface area contributed by atoms with E-state index >= 15 is 0 Å². The molecule has 118 valence electrons. The number of hydrogen-bond donors (Lipinski definition) is 1. The summed E-state index contributed by atoms with van der Waals surface area (Å²) < 4.78 is 9.18. The minimum atomic E-state index is -0.711. The first-order chi connectivity index (χ1) is 10.5. The van der Waals surface area contributed by atoms with Gasteiger partial charge in [-0.1, -0.05) is 32.2 Å². The van der Waals surface area contributed by atoms with Crippen LogP contribution in [0.1, 0.15) is 40.5 Å². The predicted molar refractivity (Wildman–Crippen MR) is 80.2 cm³/mol. The summed E-state index contributed by atoms with van der Waals surface area (Å²) in [6.45, 7) is 8.36. The van der Waals surface area contributed by atoms with E-state index in [1.54, 1.807) is 12.1 Å². The van der Waals surface area contributed by atoms with Gasteiger partial charge in [0.05, 0.1) is 23.7 Å². The third-order valence-corrected chi connectivity index (χ3v) is 2.21. The first kappa shape index (κ1) is 19.1. The highest BCUT2D eigenvalue weighted by atomic mass is 16.5. The number of carboxylic acid groups (broad SMARTS) is 1. The zero-order chi connectivity index (χ0) is 17.0. The smallest absolute Gasteiger partial charge is 0.343 e. The summed E-state index contributed by atoms with van der Waals surface area (Å²) in [5.41, 5.74) is 0.239. The zero-order valence-corrected chi connectivity index (χ0v) is 12.3. The van der Waals surface area contributed by atoms with Gasteiger partial charge in [0.25, 0.3) is 0 Å². The Morgan fingerprint density at radius 2 is 1.45 bits per heavy atom. The molecule has 6 nitrogen and oxygen atoms in total. The van der Waals surface area contributed by atoms with Gasteiger partial charge in [0.2, 0.25) is 0 Å². The van der Waals surface area contributed by atoms with Crippen LogP contribution >= 0.6 is 0 Å². The second kappa shape index (κ2) is 10.8. The number of hydrogen-bond acceptors (Lipinski definition) is 5. The minimum Gasteiger partial charge on any atom is -0.481 e. The Morgan fingerprint density at radius 3 is 1.68 bits per heavy atom. The molecule has 0 saturated heterocycles. The molecule has 0 heterocycles. The molecule has 22 heavy (non-hydrogen) atoms. The average molecular weight is 306 g/mol. The third kappa shape index (κ3) is 7.04. The highest BCUT2D eigenvalue weighted by molar-refractivity contribution is 6.03. The SMILES string of the molecule is C=COC(=O)c1ccccc1C(=O)OC=C.CCCC(=O)O. The first-order valence-corrected chi connectivity index (χ1v) is 6.42. The number of carboxylic acids is 1. The maximum Gasteiger partial charge on any atom is 0.343 e. The van der Waals surface area contributed by atoms with Crippen LogP contribution in [0, 0.1) is 0 Å². The van der Waals surface area contributed by atoms with Gasteiger partial charge in [-0.05, 0) is 18.6 Å². The van der Waals surface area contributed by atoms with Gasteiger partial charge in [0.15, 0.2) is 0 Å². The van der Waals surface area contributed by atoms with Crippen molar-refractivity contribution in [1.82, 2.24) is 0 Å². The summed E-state index contributed by atoms with van der Waals surface area (Å²) >= 11 is 0. The molecule has 0 aliphatic carbocycles. The Labute approximate surface area is 128 Å². The summed E-state index contributed by atoms with van der Waals surface area (Å²) in [5, 5.41) is 7.91. The third-order valence-electron chi connectivity index (χ3n) is 2.21. The van der Waals surface area contributed by atoms with Crippen molar-refractivity contribution in [2.45, 2.75) is 19.8 Å². The van der Waals surface area contributed by atoms with E-state index in [4.69, 9.17) is 5.11 Å². The van der Waals surface area contributed by atoms with Gasteiger partial charge in [-0.2, -0.15) is 0 Å². The second-order valence-electron chi connectivity index (χ2n) is 3.83. The first-order valence-electron chi connectivity index (χ1n) is 6.42. The average Bonchev–Trinajstić information content (AvgIpc) is 2.48. The van der Waals surface area contributed by atoms with E-state index in [0.717, 1.165) is 18.9 Å². The maximum absolute atomic E-state index is 11.4. The lowest BCUT2D eigenvalue weighted by Gasteiger charge is -2.05. The maximum atomic E-state index is 11.4. The predicted octanol–water partition coefficient (Wildman–Crippen LogP) is 3.16. The van der Waals surface area contributed by atoms with Gasteiger partial charge in [-0.15, -0.1) is 0 Å². The summed E-state index contributed by atoms with van der Waals surface area (Å²) in [4.78, 5) is 32.5. The molecule has 0 bridgehead atoms. The lowest BCUT2D eigenvalue weighted by atomic mass is 10.1. The van der Waals surface area contributed by atoms with E-state index in [9.17, 15) is 14.4 Å². The molecule has 6 heteroatoms. The van der Waals surface area contributed by atoms with Crippen molar-refractivity contribution in [3.63, 3.8) is 0 Å². The van der Waals surface area contributed by atoms with Crippen LogP contribution in [0.25, 0.3) is 0 Å². The molecule has 1 aromatic rings. The Morgan fingerprint density at radius 1 is 1.05 bits per heavy atom. The molecule has 0 fully saturated rings. The van der Waals surface area contributed by atoms with Crippen LogP contribution in [-0.4, -0.2) is 23.0 Å². The molecular weight excluding hydrogens is 288 g/mol. The lowest BCUT2D eigenvalue weighted by molar-refractivity contribution is -0.137. The zero-order valence-electron chi connectivity index (χ0n) is 12.3. The largest absolute Gasteiger partial charge is 0.481 e. The Hall–Kier alpha value is -2.89. The summed E-state index contributed by atoms with van der Waals surface area (Å²) in [6, 6.07) is 6.16. The number of rotatable bonds is 6. The molecule has 1 rings (SSSR count). The van der Waals surface area contributed by atoms with Gasteiger partial charge in [0.1, 0.15) is 0 Å². The monoisotopic (exact) mass is 306 g/mol. The van der Waals surface area contributed by atoms with Gasteiger partial charge in [-0.3, -0.25) is 4.79 Å². The fourth-order valence-corrected chi connectivity index (χ4v) is 1.33. The summed E-state index contributed by atoms with van der Waals surface area (Å²) in [5.74, 6) is -2.03. The molecule has 0 saturated carbocycles. The van der Waals surface area contributed by atoms with Gasteiger partial charge < -0.3 is 14.6 Å². The van der Waals surface area contributed by atoms with Crippen LogP contribution in [0.15, 0.2) is 49.9 Å². The quantitative estimate of drug-likeness (QED) is 0.641. The van der Waals surface area contributed by atoms with Crippen LogP contribution in [0.5, 0.6) is 0 Å². The number of esters is 2. The molecule has 0 atom stereocenters. The van der Waals surface area contributed by atoms with E-state index in [0.29, 0.717) is 6.42 Å². The van der Waals surface area contributed by atoms with E-state index in [-0.39, 0.29) is 11.1 Å². The number of ether oxygens (including phenoxy) is 2. The number of carbonyl (C=O) groups is 3. The van der Waals surface area contributed by atoms with E-state index < -0.39 is 17.9 Å². The van der Waals surface area contributed by atoms with Gasteiger partial charge in [0, 0.05) is 6.42 Å². The minimum absolute atomic E-state index is 0.120. The highest BCUT2D eigenvalue weighted by Crippen LogP contribution is 2.12. The Kier molecular flexibility index (Phi) is 9.42. The van der Waals surface area contributed by atoms with Crippen molar-refractivity contribution in [3.8, 4) is 0 Å². The molecule has 0 aliphatic heterocycles. The normalized spacial score (nSPS) is 8.77. The molecule has 1 N–H and O–H groups in total. The van der Waals surface area contributed by atoms with Crippen molar-refractivity contribution in [2.24, 2.45) is 0 Å². The molecule has 0 radical (unpaired) electrons. The number of aliphatic carboxylic acids is 1. The van der Waals surface area contributed by atoms with E-state index in [1.807, 2.05) is 6.92 Å². The second-order valence-corrected chi connectivity index (χ2v) is 3.83. The molecule has 0 amide bonds. The molecule has 1 aromatic carbocycles. The molecule has 0 unspecified atom stereocenters. The van der Waals surface area contributed by atoms with E-state index in [2.05, 4.69) is 22.6 Å². The Balaban J connectivity index is 0.000000626. The molecule has 0 spiro atoms. The van der Waals surface area contributed by atoms with Crippen molar-refractivity contribution in [3.05, 3.63) is 61.1 Å². The van der Waals surface area contributed by atoms with Gasteiger partial charge in [-0.25, -0.2) is 9.59 Å². The van der Waals surface area contributed by atoms with Crippen molar-refractivity contribution >= 4 is 17.9 Å². The van der Waals surface area contributed by atoms with Gasteiger partial charge >= 0.3 is 17.9 Å². The number of benzene rings is 1. The van der Waals surface area contributed by atoms with Crippen LogP contribution in [-0.2, 0) is 14.3 Å². The van der Waals surface area contributed by atoms with Crippen LogP contribution in [0.4, 0.5) is 0 Å². The molecule has 0 aromatic heterocycles. The number of carbonyl (C=O) groups excluding carboxylic acids is 2. The highest BCUT2D eigenvalue weighted by Gasteiger charge is 2.17. The fraction of sp³-hybridized carbons (Fsp3) is 0.188. The molecule has 0 aliphatic rings. The van der Waals surface area contributed by atoms with Crippen LogP contribution in [0.2, 0.25) is 0 Å². The van der Waals surface area contributed by atoms with Crippen molar-refractivity contribution in [1.29, 1.82) is 0 Å². The Bertz CT molecular complexity index is 506. The molecular formula is C16H18O6. The van der Waals surface area contributed by atoms with Crippen molar-refractivity contribution in [2.75, 3.05) is 0 Å². The summed E-state index contributed by atoms with van der Waals surface area (Å²) in [6.07, 6.45) is 3.02. The van der Waals surface area contributed by atoms with Crippen molar-refractivity contribution < 1.29 is 29.0 Å². The van der Waals surface area contributed by atoms with Crippen LogP contribution < -0.4 is 0 Å².